The Bertz CT molecular complexity index is 983. The maximum absolute atomic E-state index is 13.3. The van der Waals surface area contributed by atoms with Crippen molar-refractivity contribution in [2.75, 3.05) is 0 Å². The van der Waals surface area contributed by atoms with Crippen LogP contribution in [0, 0.1) is 20.8 Å². The lowest BCUT2D eigenvalue weighted by molar-refractivity contribution is 0.495. The average Bonchev–Trinajstić information content (AvgIpc) is 2.65. The number of benzene rings is 3. The van der Waals surface area contributed by atoms with E-state index in [0.29, 0.717) is 11.5 Å². The molecule has 27 heavy (non-hydrogen) atoms. The fourth-order valence-corrected chi connectivity index (χ4v) is 5.96. The molecule has 3 aromatic rings. The van der Waals surface area contributed by atoms with Crippen molar-refractivity contribution in [3.05, 3.63) is 89.5 Å². The van der Waals surface area contributed by atoms with Crippen molar-refractivity contribution in [1.82, 2.24) is 0 Å². The third kappa shape index (κ3) is 4.49. The molecule has 0 bridgehead atoms. The second-order valence-corrected chi connectivity index (χ2v) is 10.8. The SMILES string of the molecule is Cc1ccc(S(=O)(=O)P(Oc2ccccc2C)Oc2ccccc2C)cc1. The quantitative estimate of drug-likeness (QED) is 0.493. The zero-order chi connectivity index (χ0) is 19.4. The van der Waals surface area contributed by atoms with Gasteiger partial charge in [0, 0.05) is 0 Å². The van der Waals surface area contributed by atoms with Crippen LogP contribution in [0.3, 0.4) is 0 Å². The van der Waals surface area contributed by atoms with E-state index in [0.717, 1.165) is 16.7 Å². The third-order valence-electron chi connectivity index (χ3n) is 4.05. The fraction of sp³-hybridized carbons (Fsp3) is 0.143. The molecular weight excluding hydrogens is 379 g/mol. The Morgan fingerprint density at radius 3 is 1.56 bits per heavy atom. The van der Waals surface area contributed by atoms with Crippen molar-refractivity contribution in [2.45, 2.75) is 25.7 Å². The predicted molar refractivity (Wildman–Crippen MR) is 109 cm³/mol. The largest absolute Gasteiger partial charge is 0.427 e. The number of hydrogen-bond donors (Lipinski definition) is 0. The Hall–Kier alpha value is -2.36. The summed E-state index contributed by atoms with van der Waals surface area (Å²) in [6.07, 6.45) is 0. The Morgan fingerprint density at radius 2 is 1.11 bits per heavy atom. The number of hydrogen-bond acceptors (Lipinski definition) is 4. The highest BCUT2D eigenvalue weighted by Gasteiger charge is 2.35. The van der Waals surface area contributed by atoms with Gasteiger partial charge in [0.1, 0.15) is 11.5 Å². The first-order valence-corrected chi connectivity index (χ1v) is 11.7. The molecule has 0 N–H and O–H groups in total. The van der Waals surface area contributed by atoms with Crippen molar-refractivity contribution in [1.29, 1.82) is 0 Å². The molecule has 0 unspecified atom stereocenters. The Kier molecular flexibility index (Phi) is 5.83. The van der Waals surface area contributed by atoms with Crippen molar-refractivity contribution in [3.63, 3.8) is 0 Å². The standard InChI is InChI=1S/C21H21O4PS/c1-16-12-14-19(15-13-16)27(22,23)26(24-20-10-6-4-8-17(20)2)25-21-11-7-5-9-18(21)3/h4-15H,1-3H3. The maximum atomic E-state index is 13.3. The van der Waals surface area contributed by atoms with E-state index in [9.17, 15) is 8.42 Å². The maximum Gasteiger partial charge on any atom is 0.426 e. The highest BCUT2D eigenvalue weighted by Crippen LogP contribution is 2.50. The van der Waals surface area contributed by atoms with Crippen LogP contribution in [0.15, 0.2) is 77.7 Å². The van der Waals surface area contributed by atoms with Crippen molar-refractivity contribution in [3.8, 4) is 11.5 Å². The van der Waals surface area contributed by atoms with Gasteiger partial charge < -0.3 is 9.05 Å². The molecule has 3 rings (SSSR count). The lowest BCUT2D eigenvalue weighted by Gasteiger charge is -2.20. The molecule has 0 amide bonds. The van der Waals surface area contributed by atoms with E-state index in [-0.39, 0.29) is 4.90 Å². The van der Waals surface area contributed by atoms with Crippen molar-refractivity contribution >= 4 is 17.0 Å². The van der Waals surface area contributed by atoms with Gasteiger partial charge in [0.25, 0.3) is 9.46 Å². The van der Waals surface area contributed by atoms with Crippen LogP contribution in [0.5, 0.6) is 11.5 Å². The second kappa shape index (κ2) is 8.12. The minimum Gasteiger partial charge on any atom is -0.427 e. The van der Waals surface area contributed by atoms with Gasteiger partial charge in [0.05, 0.1) is 4.90 Å². The monoisotopic (exact) mass is 400 g/mol. The number of aryl methyl sites for hydroxylation is 3. The lowest BCUT2D eigenvalue weighted by Crippen LogP contribution is -2.09. The Morgan fingerprint density at radius 1 is 0.667 bits per heavy atom. The van der Waals surface area contributed by atoms with Gasteiger partial charge in [0.2, 0.25) is 0 Å². The van der Waals surface area contributed by atoms with Crippen LogP contribution in [-0.4, -0.2) is 8.42 Å². The molecule has 140 valence electrons. The van der Waals surface area contributed by atoms with Crippen LogP contribution in [0.4, 0.5) is 0 Å². The highest BCUT2D eigenvalue weighted by molar-refractivity contribution is 8.47. The minimum atomic E-state index is -3.83. The Labute approximate surface area is 161 Å². The summed E-state index contributed by atoms with van der Waals surface area (Å²) < 4.78 is 38.3. The topological polar surface area (TPSA) is 52.6 Å². The van der Waals surface area contributed by atoms with E-state index in [1.54, 1.807) is 36.4 Å². The van der Waals surface area contributed by atoms with E-state index < -0.39 is 17.0 Å². The zero-order valence-electron chi connectivity index (χ0n) is 15.4. The number of rotatable bonds is 6. The van der Waals surface area contributed by atoms with Gasteiger partial charge in [-0.2, -0.15) is 0 Å². The van der Waals surface area contributed by atoms with Crippen LogP contribution in [0.2, 0.25) is 0 Å². The Balaban J connectivity index is 2.02. The molecule has 6 heteroatoms. The van der Waals surface area contributed by atoms with Gasteiger partial charge in [-0.15, -0.1) is 0 Å². The van der Waals surface area contributed by atoms with Gasteiger partial charge in [-0.1, -0.05) is 54.1 Å². The molecule has 0 spiro atoms. The fourth-order valence-electron chi connectivity index (χ4n) is 2.39. The summed E-state index contributed by atoms with van der Waals surface area (Å²) in [6, 6.07) is 21.3. The predicted octanol–water partition coefficient (Wildman–Crippen LogP) is 5.77. The summed E-state index contributed by atoms with van der Waals surface area (Å²) in [6.45, 7) is 5.65. The van der Waals surface area contributed by atoms with E-state index in [4.69, 9.17) is 9.05 Å². The van der Waals surface area contributed by atoms with E-state index in [2.05, 4.69) is 0 Å². The average molecular weight is 400 g/mol. The van der Waals surface area contributed by atoms with Crippen LogP contribution < -0.4 is 9.05 Å². The smallest absolute Gasteiger partial charge is 0.426 e. The first-order valence-electron chi connectivity index (χ1n) is 8.47. The van der Waals surface area contributed by atoms with E-state index in [1.807, 2.05) is 57.2 Å². The highest BCUT2D eigenvalue weighted by atomic mass is 32.8. The summed E-state index contributed by atoms with van der Waals surface area (Å²) in [4.78, 5) is 0.182. The molecule has 0 aliphatic carbocycles. The first kappa shape index (κ1) is 19.4. The van der Waals surface area contributed by atoms with Gasteiger partial charge in [-0.3, -0.25) is 0 Å². The summed E-state index contributed by atoms with van der Waals surface area (Å²) in [5.74, 6) is 0.987. The minimum absolute atomic E-state index is 0.182. The second-order valence-electron chi connectivity index (χ2n) is 6.23. The van der Waals surface area contributed by atoms with Gasteiger partial charge in [0.15, 0.2) is 0 Å². The van der Waals surface area contributed by atoms with Crippen LogP contribution in [0.25, 0.3) is 0 Å². The molecule has 0 saturated carbocycles. The van der Waals surface area contributed by atoms with Crippen LogP contribution in [0.1, 0.15) is 16.7 Å². The molecule has 3 aromatic carbocycles. The first-order chi connectivity index (χ1) is 12.9. The molecule has 0 aromatic heterocycles. The summed E-state index contributed by atoms with van der Waals surface area (Å²) in [5.41, 5.74) is 2.67. The van der Waals surface area contributed by atoms with Crippen LogP contribution >= 0.6 is 7.58 Å². The van der Waals surface area contributed by atoms with Crippen molar-refractivity contribution < 1.29 is 17.5 Å². The van der Waals surface area contributed by atoms with Gasteiger partial charge in [-0.25, -0.2) is 8.42 Å². The molecule has 0 aliphatic heterocycles. The molecule has 0 saturated heterocycles. The molecule has 0 aliphatic rings. The molecule has 0 heterocycles. The molecule has 4 nitrogen and oxygen atoms in total. The normalized spacial score (nSPS) is 11.4. The lowest BCUT2D eigenvalue weighted by atomic mass is 10.2. The van der Waals surface area contributed by atoms with E-state index >= 15 is 0 Å². The zero-order valence-corrected chi connectivity index (χ0v) is 17.1. The molecule has 0 atom stereocenters. The summed E-state index contributed by atoms with van der Waals surface area (Å²) in [7, 11) is -6.13. The molecule has 0 radical (unpaired) electrons. The van der Waals surface area contributed by atoms with Gasteiger partial charge in [-0.05, 0) is 56.2 Å². The van der Waals surface area contributed by atoms with E-state index in [1.165, 1.54) is 0 Å². The molecule has 0 fully saturated rings. The van der Waals surface area contributed by atoms with Gasteiger partial charge >= 0.3 is 7.58 Å². The third-order valence-corrected chi connectivity index (χ3v) is 8.26. The van der Waals surface area contributed by atoms with Crippen LogP contribution in [-0.2, 0) is 9.46 Å². The summed E-state index contributed by atoms with van der Waals surface area (Å²) >= 11 is 0. The number of para-hydroxylation sites is 2. The summed E-state index contributed by atoms with van der Waals surface area (Å²) in [5, 5.41) is 0. The van der Waals surface area contributed by atoms with Crippen molar-refractivity contribution in [2.24, 2.45) is 0 Å². The molecular formula is C21H21O4PS.